The average molecular weight is 312 g/mol. The smallest absolute Gasteiger partial charge is 0.231 e. The van der Waals surface area contributed by atoms with Gasteiger partial charge >= 0.3 is 0 Å². The lowest BCUT2D eigenvalue weighted by Crippen LogP contribution is -1.99. The molecule has 0 unspecified atom stereocenters. The van der Waals surface area contributed by atoms with E-state index in [0.29, 0.717) is 33.9 Å². The maximum atomic E-state index is 12.5. The molecule has 0 spiro atoms. The summed E-state index contributed by atoms with van der Waals surface area (Å²) in [7, 11) is 3.09. The Balaban J connectivity index is 2.07. The second kappa shape index (κ2) is 5.68. The van der Waals surface area contributed by atoms with E-state index in [2.05, 4.69) is 0 Å². The Labute approximate surface area is 133 Å². The molecule has 1 aliphatic heterocycles. The summed E-state index contributed by atoms with van der Waals surface area (Å²) in [4.78, 5) is 12.5. The second-order valence-corrected chi connectivity index (χ2v) is 5.11. The van der Waals surface area contributed by atoms with Crippen molar-refractivity contribution in [2.45, 2.75) is 6.92 Å². The molecule has 0 aliphatic carbocycles. The number of aromatic hydroxyl groups is 1. The van der Waals surface area contributed by atoms with Crippen LogP contribution < -0.4 is 14.2 Å². The Morgan fingerprint density at radius 1 is 1.13 bits per heavy atom. The van der Waals surface area contributed by atoms with Gasteiger partial charge in [0.1, 0.15) is 11.5 Å². The number of hydrogen-bond acceptors (Lipinski definition) is 5. The highest BCUT2D eigenvalue weighted by Gasteiger charge is 2.30. The van der Waals surface area contributed by atoms with E-state index in [0.717, 1.165) is 0 Å². The number of rotatable bonds is 3. The molecule has 0 saturated heterocycles. The number of Topliss-reactive ketones (excluding diaryl/α,β-unsaturated/α-hetero) is 1. The topological polar surface area (TPSA) is 65.0 Å². The maximum Gasteiger partial charge on any atom is 0.231 e. The molecule has 5 heteroatoms. The Hall–Kier alpha value is -2.95. The third-order valence-electron chi connectivity index (χ3n) is 3.78. The summed E-state index contributed by atoms with van der Waals surface area (Å²) in [5, 5.41) is 9.75. The van der Waals surface area contributed by atoms with E-state index in [1.807, 2.05) is 0 Å². The van der Waals surface area contributed by atoms with E-state index in [9.17, 15) is 9.90 Å². The zero-order chi connectivity index (χ0) is 16.6. The number of carbonyl (C=O) groups is 1. The molecule has 0 amide bonds. The number of benzene rings is 2. The molecule has 0 bridgehead atoms. The Morgan fingerprint density at radius 3 is 2.61 bits per heavy atom. The Morgan fingerprint density at radius 2 is 1.91 bits per heavy atom. The number of ketones is 1. The van der Waals surface area contributed by atoms with Crippen LogP contribution >= 0.6 is 0 Å². The number of fused-ring (bicyclic) bond motifs is 1. The zero-order valence-corrected chi connectivity index (χ0v) is 13.0. The summed E-state index contributed by atoms with van der Waals surface area (Å²) < 4.78 is 16.3. The van der Waals surface area contributed by atoms with Crippen molar-refractivity contribution >= 4 is 11.9 Å². The van der Waals surface area contributed by atoms with Gasteiger partial charge in [-0.3, -0.25) is 4.79 Å². The van der Waals surface area contributed by atoms with E-state index in [1.54, 1.807) is 44.4 Å². The zero-order valence-electron chi connectivity index (χ0n) is 13.0. The minimum atomic E-state index is -0.229. The van der Waals surface area contributed by atoms with Crippen LogP contribution in [-0.4, -0.2) is 25.1 Å². The molecule has 0 saturated carbocycles. The van der Waals surface area contributed by atoms with Crippen LogP contribution in [0.2, 0.25) is 0 Å². The second-order valence-electron chi connectivity index (χ2n) is 5.11. The highest BCUT2D eigenvalue weighted by molar-refractivity contribution is 6.15. The minimum absolute atomic E-state index is 0.0942. The van der Waals surface area contributed by atoms with Crippen molar-refractivity contribution in [2.24, 2.45) is 0 Å². The van der Waals surface area contributed by atoms with Crippen LogP contribution in [0.3, 0.4) is 0 Å². The first-order valence-electron chi connectivity index (χ1n) is 7.04. The Kier molecular flexibility index (Phi) is 3.70. The SMILES string of the molecule is COc1cccc(C=C2Oc3c(ccc(O)c3C)C2=O)c1OC. The number of phenols is 1. The largest absolute Gasteiger partial charge is 0.508 e. The van der Waals surface area contributed by atoms with Gasteiger partial charge in [-0.05, 0) is 31.2 Å². The lowest BCUT2D eigenvalue weighted by atomic mass is 10.1. The number of ether oxygens (including phenoxy) is 3. The first-order valence-corrected chi connectivity index (χ1v) is 7.04. The molecular weight excluding hydrogens is 296 g/mol. The molecule has 23 heavy (non-hydrogen) atoms. The third-order valence-corrected chi connectivity index (χ3v) is 3.78. The van der Waals surface area contributed by atoms with Gasteiger partial charge in [-0.15, -0.1) is 0 Å². The minimum Gasteiger partial charge on any atom is -0.508 e. The van der Waals surface area contributed by atoms with Gasteiger partial charge < -0.3 is 19.3 Å². The van der Waals surface area contributed by atoms with Crippen molar-refractivity contribution < 1.29 is 24.1 Å². The fourth-order valence-corrected chi connectivity index (χ4v) is 2.54. The van der Waals surface area contributed by atoms with Crippen LogP contribution in [0.15, 0.2) is 36.1 Å². The molecule has 0 radical (unpaired) electrons. The number of para-hydroxylation sites is 1. The highest BCUT2D eigenvalue weighted by atomic mass is 16.5. The molecule has 2 aromatic rings. The van der Waals surface area contributed by atoms with E-state index in [4.69, 9.17) is 14.2 Å². The summed E-state index contributed by atoms with van der Waals surface area (Å²) in [6.07, 6.45) is 1.61. The third kappa shape index (κ3) is 2.40. The number of methoxy groups -OCH3 is 2. The van der Waals surface area contributed by atoms with E-state index in [1.165, 1.54) is 13.2 Å². The molecule has 1 heterocycles. The van der Waals surface area contributed by atoms with Crippen LogP contribution in [0.25, 0.3) is 6.08 Å². The van der Waals surface area contributed by atoms with E-state index in [-0.39, 0.29) is 17.3 Å². The van der Waals surface area contributed by atoms with Crippen LogP contribution in [-0.2, 0) is 0 Å². The van der Waals surface area contributed by atoms with Crippen molar-refractivity contribution in [3.05, 3.63) is 52.8 Å². The van der Waals surface area contributed by atoms with Gasteiger partial charge in [0.15, 0.2) is 17.3 Å². The summed E-state index contributed by atoms with van der Waals surface area (Å²) in [5.41, 5.74) is 1.65. The average Bonchev–Trinajstić information content (AvgIpc) is 2.87. The number of allylic oxidation sites excluding steroid dienone is 1. The van der Waals surface area contributed by atoms with Gasteiger partial charge in [-0.2, -0.15) is 0 Å². The van der Waals surface area contributed by atoms with Crippen LogP contribution in [0.1, 0.15) is 21.5 Å². The van der Waals surface area contributed by atoms with Crippen LogP contribution in [0, 0.1) is 6.92 Å². The number of hydrogen-bond donors (Lipinski definition) is 1. The lowest BCUT2D eigenvalue weighted by Gasteiger charge is -2.10. The Bertz CT molecular complexity index is 820. The molecule has 2 aromatic carbocycles. The van der Waals surface area contributed by atoms with Gasteiger partial charge in [-0.25, -0.2) is 0 Å². The predicted octanol–water partition coefficient (Wildman–Crippen LogP) is 3.33. The molecule has 1 N–H and O–H groups in total. The quantitative estimate of drug-likeness (QED) is 0.881. The molecule has 5 nitrogen and oxygen atoms in total. The summed E-state index contributed by atoms with van der Waals surface area (Å²) in [5.74, 6) is 1.53. The molecule has 0 aromatic heterocycles. The summed E-state index contributed by atoms with van der Waals surface area (Å²) >= 11 is 0. The van der Waals surface area contributed by atoms with Gasteiger partial charge in [0.05, 0.1) is 19.8 Å². The van der Waals surface area contributed by atoms with Crippen molar-refractivity contribution in [3.63, 3.8) is 0 Å². The van der Waals surface area contributed by atoms with E-state index < -0.39 is 0 Å². The monoisotopic (exact) mass is 312 g/mol. The van der Waals surface area contributed by atoms with Crippen molar-refractivity contribution in [1.82, 2.24) is 0 Å². The maximum absolute atomic E-state index is 12.5. The van der Waals surface area contributed by atoms with Gasteiger partial charge in [0.2, 0.25) is 5.78 Å². The summed E-state index contributed by atoms with van der Waals surface area (Å²) in [6, 6.07) is 8.43. The molecule has 118 valence electrons. The molecule has 1 aliphatic rings. The molecule has 3 rings (SSSR count). The first-order chi connectivity index (χ1) is 11.1. The number of carbonyl (C=O) groups excluding carboxylic acids is 1. The number of phenolic OH excluding ortho intramolecular Hbond substituents is 1. The molecular formula is C18H16O5. The normalized spacial score (nSPS) is 14.6. The van der Waals surface area contributed by atoms with Crippen LogP contribution in [0.4, 0.5) is 0 Å². The van der Waals surface area contributed by atoms with Gasteiger partial charge in [0, 0.05) is 11.1 Å². The molecule has 0 fully saturated rings. The van der Waals surface area contributed by atoms with E-state index >= 15 is 0 Å². The first kappa shape index (κ1) is 15.0. The standard InChI is InChI=1S/C18H16O5/c1-10-13(19)8-7-12-16(20)15(23-17(10)12)9-11-5-4-6-14(21-2)18(11)22-3/h4-9,19H,1-3H3. The van der Waals surface area contributed by atoms with Crippen molar-refractivity contribution in [3.8, 4) is 23.0 Å². The summed E-state index contributed by atoms with van der Waals surface area (Å²) in [6.45, 7) is 1.70. The fourth-order valence-electron chi connectivity index (χ4n) is 2.54. The lowest BCUT2D eigenvalue weighted by molar-refractivity contribution is 0.101. The van der Waals surface area contributed by atoms with Crippen molar-refractivity contribution in [1.29, 1.82) is 0 Å². The van der Waals surface area contributed by atoms with Crippen molar-refractivity contribution in [2.75, 3.05) is 14.2 Å². The highest BCUT2D eigenvalue weighted by Crippen LogP contribution is 2.40. The fraction of sp³-hybridized carbons (Fsp3) is 0.167. The van der Waals surface area contributed by atoms with Gasteiger partial charge in [0.25, 0.3) is 0 Å². The van der Waals surface area contributed by atoms with Gasteiger partial charge in [-0.1, -0.05) is 12.1 Å². The predicted molar refractivity (Wildman–Crippen MR) is 85.3 cm³/mol. The molecule has 0 atom stereocenters. The van der Waals surface area contributed by atoms with Crippen LogP contribution in [0.5, 0.6) is 23.0 Å².